The summed E-state index contributed by atoms with van der Waals surface area (Å²) in [6, 6.07) is 27.8. The van der Waals surface area contributed by atoms with Gasteiger partial charge in [-0.15, -0.1) is 0 Å². The van der Waals surface area contributed by atoms with Crippen molar-refractivity contribution in [2.45, 2.75) is 13.2 Å². The smallest absolute Gasteiger partial charge is 0.409 e. The van der Waals surface area contributed by atoms with Crippen molar-refractivity contribution in [2.75, 3.05) is 27.2 Å². The van der Waals surface area contributed by atoms with Crippen LogP contribution in [0, 0.1) is 0 Å². The van der Waals surface area contributed by atoms with Crippen LogP contribution < -0.4 is 0 Å². The Hall–Kier alpha value is -4.85. The molecule has 8 heteroatoms. The molecule has 0 saturated carbocycles. The molecule has 0 spiro atoms. The molecule has 0 bridgehead atoms. The van der Waals surface area contributed by atoms with Gasteiger partial charge in [0.25, 0.3) is 5.91 Å². The number of aromatic nitrogens is 1. The molecule has 0 radical (unpaired) electrons. The van der Waals surface area contributed by atoms with Gasteiger partial charge in [-0.05, 0) is 34.9 Å². The predicted molar refractivity (Wildman–Crippen MR) is 148 cm³/mol. The average molecular weight is 526 g/mol. The molecule has 3 aromatic carbocycles. The number of esters is 1. The lowest BCUT2D eigenvalue weighted by Crippen LogP contribution is -2.37. The minimum atomic E-state index is -0.454. The monoisotopic (exact) mass is 525 g/mol. The number of likely N-dealkylation sites (N-methyl/N-ethyl adjacent to an activating group) is 2. The Labute approximate surface area is 227 Å². The number of amides is 2. The summed E-state index contributed by atoms with van der Waals surface area (Å²) < 4.78 is 10.8. The van der Waals surface area contributed by atoms with Crippen molar-refractivity contribution in [3.63, 3.8) is 0 Å². The maximum absolute atomic E-state index is 12.9. The SMILES string of the molecule is CN(CCN(C)C(=O)c1ccc(-c2cc[nH]c2C(=O)OCc2ccccc2)cc1)C(=O)OCc1ccccc1. The van der Waals surface area contributed by atoms with E-state index in [0.29, 0.717) is 29.9 Å². The van der Waals surface area contributed by atoms with Gasteiger partial charge in [0.1, 0.15) is 18.9 Å². The number of nitrogens with one attached hydrogen (secondary N) is 1. The number of aromatic amines is 1. The summed E-state index contributed by atoms with van der Waals surface area (Å²) in [4.78, 5) is 43.8. The number of carbonyl (C=O) groups excluding carboxylic acids is 3. The van der Waals surface area contributed by atoms with Gasteiger partial charge >= 0.3 is 12.1 Å². The molecule has 8 nitrogen and oxygen atoms in total. The summed E-state index contributed by atoms with van der Waals surface area (Å²) in [5.41, 5.74) is 4.13. The second kappa shape index (κ2) is 13.1. The summed E-state index contributed by atoms with van der Waals surface area (Å²) in [6.07, 6.45) is 1.23. The zero-order valence-electron chi connectivity index (χ0n) is 22.0. The first-order valence-electron chi connectivity index (χ1n) is 12.6. The van der Waals surface area contributed by atoms with E-state index in [1.807, 2.05) is 60.7 Å². The van der Waals surface area contributed by atoms with Gasteiger partial charge in [-0.3, -0.25) is 4.79 Å². The number of ether oxygens (including phenoxy) is 2. The van der Waals surface area contributed by atoms with E-state index in [0.717, 1.165) is 16.7 Å². The van der Waals surface area contributed by atoms with Crippen LogP contribution in [0.1, 0.15) is 32.0 Å². The number of rotatable bonds is 10. The van der Waals surface area contributed by atoms with E-state index in [-0.39, 0.29) is 19.1 Å². The number of hydrogen-bond donors (Lipinski definition) is 1. The Balaban J connectivity index is 1.29. The third-order valence-electron chi connectivity index (χ3n) is 6.24. The minimum Gasteiger partial charge on any atom is -0.456 e. The Morgan fingerprint density at radius 2 is 1.26 bits per heavy atom. The molecule has 0 saturated heterocycles. The van der Waals surface area contributed by atoms with Crippen molar-refractivity contribution in [2.24, 2.45) is 0 Å². The fraction of sp³-hybridized carbons (Fsp3) is 0.194. The second-order valence-corrected chi connectivity index (χ2v) is 9.09. The topological polar surface area (TPSA) is 91.9 Å². The molecule has 0 aliphatic heterocycles. The zero-order valence-corrected chi connectivity index (χ0v) is 22.0. The van der Waals surface area contributed by atoms with Crippen molar-refractivity contribution >= 4 is 18.0 Å². The van der Waals surface area contributed by atoms with E-state index in [1.165, 1.54) is 4.90 Å². The highest BCUT2D eigenvalue weighted by atomic mass is 16.6. The van der Waals surface area contributed by atoms with Crippen LogP contribution in [0.2, 0.25) is 0 Å². The first-order chi connectivity index (χ1) is 18.9. The normalized spacial score (nSPS) is 10.5. The van der Waals surface area contributed by atoms with Crippen molar-refractivity contribution in [3.8, 4) is 11.1 Å². The third kappa shape index (κ3) is 7.35. The molecule has 200 valence electrons. The van der Waals surface area contributed by atoms with E-state index < -0.39 is 12.1 Å². The number of hydrogen-bond acceptors (Lipinski definition) is 5. The summed E-state index contributed by atoms with van der Waals surface area (Å²) in [5, 5.41) is 0. The lowest BCUT2D eigenvalue weighted by molar-refractivity contribution is 0.0467. The molecule has 39 heavy (non-hydrogen) atoms. The van der Waals surface area contributed by atoms with E-state index in [9.17, 15) is 14.4 Å². The van der Waals surface area contributed by atoms with E-state index >= 15 is 0 Å². The van der Waals surface area contributed by atoms with E-state index in [4.69, 9.17) is 9.47 Å². The molecule has 4 aromatic rings. The summed E-state index contributed by atoms with van der Waals surface area (Å²) in [5.74, 6) is -0.630. The summed E-state index contributed by atoms with van der Waals surface area (Å²) in [6.45, 7) is 1.04. The Morgan fingerprint density at radius 1 is 0.692 bits per heavy atom. The highest BCUT2D eigenvalue weighted by molar-refractivity contribution is 5.97. The van der Waals surface area contributed by atoms with Crippen molar-refractivity contribution in [1.82, 2.24) is 14.8 Å². The lowest BCUT2D eigenvalue weighted by atomic mass is 10.0. The highest BCUT2D eigenvalue weighted by Gasteiger charge is 2.18. The first kappa shape index (κ1) is 27.2. The van der Waals surface area contributed by atoms with Gasteiger partial charge in [0, 0.05) is 44.5 Å². The molecule has 0 fully saturated rings. The van der Waals surface area contributed by atoms with Crippen LogP contribution in [-0.2, 0) is 22.7 Å². The molecular formula is C31H31N3O5. The molecule has 1 aromatic heterocycles. The van der Waals surface area contributed by atoms with Gasteiger partial charge in [0.2, 0.25) is 0 Å². The van der Waals surface area contributed by atoms with Crippen LogP contribution in [-0.4, -0.2) is 59.9 Å². The van der Waals surface area contributed by atoms with E-state index in [1.54, 1.807) is 55.5 Å². The number of nitrogens with zero attached hydrogens (tertiary/aromatic N) is 2. The first-order valence-corrected chi connectivity index (χ1v) is 12.6. The minimum absolute atomic E-state index is 0.177. The van der Waals surface area contributed by atoms with Crippen molar-refractivity contribution in [3.05, 3.63) is 120 Å². The maximum atomic E-state index is 12.9. The third-order valence-corrected chi connectivity index (χ3v) is 6.24. The molecule has 0 atom stereocenters. The van der Waals surface area contributed by atoms with Crippen LogP contribution in [0.3, 0.4) is 0 Å². The standard InChI is InChI=1S/C31H31N3O5/c1-33(19-20-34(2)31(37)39-22-24-11-7-4-8-12-24)29(35)26-15-13-25(14-16-26)27-17-18-32-28(27)30(36)38-21-23-9-5-3-6-10-23/h3-18,32H,19-22H2,1-2H3. The molecular weight excluding hydrogens is 494 g/mol. The molecule has 0 unspecified atom stereocenters. The lowest BCUT2D eigenvalue weighted by Gasteiger charge is -2.22. The van der Waals surface area contributed by atoms with Gasteiger partial charge in [0.15, 0.2) is 0 Å². The Bertz CT molecular complexity index is 1380. The van der Waals surface area contributed by atoms with Crippen LogP contribution in [0.25, 0.3) is 11.1 Å². The van der Waals surface area contributed by atoms with Gasteiger partial charge in [-0.2, -0.15) is 0 Å². The fourth-order valence-corrected chi connectivity index (χ4v) is 3.91. The zero-order chi connectivity index (χ0) is 27.6. The number of carbonyl (C=O) groups is 3. The van der Waals surface area contributed by atoms with Gasteiger partial charge < -0.3 is 24.3 Å². The Morgan fingerprint density at radius 3 is 1.87 bits per heavy atom. The molecule has 0 aliphatic carbocycles. The summed E-state index contributed by atoms with van der Waals surface area (Å²) in [7, 11) is 3.33. The molecule has 0 aliphatic rings. The van der Waals surface area contributed by atoms with Gasteiger partial charge in [-0.1, -0.05) is 72.8 Å². The molecule has 1 heterocycles. The Kier molecular flexibility index (Phi) is 9.13. The van der Waals surface area contributed by atoms with Crippen LogP contribution in [0.4, 0.5) is 4.79 Å². The molecule has 2 amide bonds. The van der Waals surface area contributed by atoms with Crippen LogP contribution in [0.15, 0.2) is 97.2 Å². The van der Waals surface area contributed by atoms with Crippen LogP contribution in [0.5, 0.6) is 0 Å². The molecule has 1 N–H and O–H groups in total. The highest BCUT2D eigenvalue weighted by Crippen LogP contribution is 2.25. The average Bonchev–Trinajstić information content (AvgIpc) is 3.48. The second-order valence-electron chi connectivity index (χ2n) is 9.09. The van der Waals surface area contributed by atoms with Crippen molar-refractivity contribution < 1.29 is 23.9 Å². The largest absolute Gasteiger partial charge is 0.456 e. The van der Waals surface area contributed by atoms with E-state index in [2.05, 4.69) is 4.98 Å². The quantitative estimate of drug-likeness (QED) is 0.281. The number of benzene rings is 3. The number of H-pyrrole nitrogens is 1. The van der Waals surface area contributed by atoms with Gasteiger partial charge in [-0.25, -0.2) is 9.59 Å². The maximum Gasteiger partial charge on any atom is 0.409 e. The van der Waals surface area contributed by atoms with Gasteiger partial charge in [0.05, 0.1) is 0 Å². The fourth-order valence-electron chi connectivity index (χ4n) is 3.91. The molecule has 4 rings (SSSR count). The predicted octanol–water partition coefficient (Wildman–Crippen LogP) is 5.38. The van der Waals surface area contributed by atoms with Crippen LogP contribution >= 0.6 is 0 Å². The summed E-state index contributed by atoms with van der Waals surface area (Å²) >= 11 is 0. The van der Waals surface area contributed by atoms with Crippen molar-refractivity contribution in [1.29, 1.82) is 0 Å².